The number of carbonyl (C=O) groups is 3. The Morgan fingerprint density at radius 2 is 1.66 bits per heavy atom. The number of ether oxygens (including phenoxy) is 4. The smallest absolute Gasteiger partial charge is 0.441 e. The van der Waals surface area contributed by atoms with Crippen molar-refractivity contribution in [2.75, 3.05) is 13.3 Å². The van der Waals surface area contributed by atoms with Crippen LogP contribution in [0.1, 0.15) is 47.0 Å². The maximum Gasteiger partial charge on any atom is 0.441 e. The quantitative estimate of drug-likeness (QED) is 0.194. The summed E-state index contributed by atoms with van der Waals surface area (Å²) >= 11 is 0. The number of halogens is 5. The highest BCUT2D eigenvalue weighted by molar-refractivity contribution is 6.03. The van der Waals surface area contributed by atoms with Crippen molar-refractivity contribution in [3.63, 3.8) is 0 Å². The van der Waals surface area contributed by atoms with E-state index in [-0.39, 0.29) is 12.8 Å². The van der Waals surface area contributed by atoms with Gasteiger partial charge in [0, 0.05) is 0 Å². The molecule has 32 heavy (non-hydrogen) atoms. The van der Waals surface area contributed by atoms with Crippen molar-refractivity contribution in [1.82, 2.24) is 0 Å². The molecule has 0 heterocycles. The second kappa shape index (κ2) is 9.99. The summed E-state index contributed by atoms with van der Waals surface area (Å²) in [5.74, 6) is -9.77. The standard InChI is InChI=1S/C19H24F5O8/c1-11(8-20)30-13(26)12(14(27)31-17(4)6-5-7-17)18(29-10-25,19(22,23)24)15(28)32-16(2,3)9-21/h11-12H,5-9H2,1-4H3. The zero-order valence-corrected chi connectivity index (χ0v) is 17.8. The van der Waals surface area contributed by atoms with Crippen LogP contribution >= 0.6 is 0 Å². The third kappa shape index (κ3) is 5.85. The zero-order valence-electron chi connectivity index (χ0n) is 17.8. The van der Waals surface area contributed by atoms with E-state index >= 15 is 0 Å². The minimum absolute atomic E-state index is 0.237. The van der Waals surface area contributed by atoms with Gasteiger partial charge in [-0.15, -0.1) is 0 Å². The molecule has 0 aromatic heterocycles. The number of alkyl halides is 5. The second-order valence-electron chi connectivity index (χ2n) is 8.26. The van der Waals surface area contributed by atoms with Crippen LogP contribution in [-0.4, -0.2) is 66.8 Å². The molecule has 0 N–H and O–H groups in total. The second-order valence-corrected chi connectivity index (χ2v) is 8.26. The molecule has 0 aliphatic heterocycles. The molecule has 1 radical (unpaired) electrons. The highest BCUT2D eigenvalue weighted by atomic mass is 19.4. The number of hydrogen-bond donors (Lipinski definition) is 0. The average molecular weight is 475 g/mol. The van der Waals surface area contributed by atoms with E-state index < -0.39 is 66.3 Å². The molecule has 0 aromatic rings. The van der Waals surface area contributed by atoms with Gasteiger partial charge in [0.15, 0.2) is 0 Å². The van der Waals surface area contributed by atoms with Gasteiger partial charge in [-0.1, -0.05) is 0 Å². The van der Waals surface area contributed by atoms with Gasteiger partial charge in [0.1, 0.15) is 30.7 Å². The van der Waals surface area contributed by atoms with Gasteiger partial charge in [0.05, 0.1) is 0 Å². The molecule has 0 bridgehead atoms. The van der Waals surface area contributed by atoms with Gasteiger partial charge in [-0.3, -0.25) is 9.59 Å². The van der Waals surface area contributed by atoms with E-state index in [1.54, 1.807) is 0 Å². The third-order valence-electron chi connectivity index (χ3n) is 4.79. The first-order valence-corrected chi connectivity index (χ1v) is 9.49. The van der Waals surface area contributed by atoms with Gasteiger partial charge >= 0.3 is 36.2 Å². The lowest BCUT2D eigenvalue weighted by molar-refractivity contribution is -0.280. The molecule has 0 aromatic carbocycles. The molecule has 0 amide bonds. The van der Waals surface area contributed by atoms with E-state index in [0.717, 1.165) is 20.8 Å². The maximum absolute atomic E-state index is 14.2. The lowest BCUT2D eigenvalue weighted by atomic mass is 9.81. The van der Waals surface area contributed by atoms with Crippen LogP contribution in [0.5, 0.6) is 0 Å². The Morgan fingerprint density at radius 3 is 2.03 bits per heavy atom. The first-order valence-electron chi connectivity index (χ1n) is 9.49. The van der Waals surface area contributed by atoms with E-state index in [9.17, 15) is 41.1 Å². The molecule has 0 saturated heterocycles. The van der Waals surface area contributed by atoms with Crippen molar-refractivity contribution in [3.05, 3.63) is 0 Å². The highest BCUT2D eigenvalue weighted by Gasteiger charge is 2.75. The van der Waals surface area contributed by atoms with Crippen LogP contribution in [0.2, 0.25) is 0 Å². The van der Waals surface area contributed by atoms with Crippen molar-refractivity contribution in [2.24, 2.45) is 5.92 Å². The summed E-state index contributed by atoms with van der Waals surface area (Å²) in [6.45, 7) is 1.70. The summed E-state index contributed by atoms with van der Waals surface area (Å²) in [4.78, 5) is 48.9. The number of esters is 3. The van der Waals surface area contributed by atoms with Crippen molar-refractivity contribution in [2.45, 2.75) is 76.0 Å². The molecular formula is C19H24F5O8. The van der Waals surface area contributed by atoms with Crippen molar-refractivity contribution in [1.29, 1.82) is 0 Å². The normalized spacial score (nSPS) is 19.4. The van der Waals surface area contributed by atoms with Gasteiger partial charge in [0.25, 0.3) is 0 Å². The zero-order chi connectivity index (χ0) is 25.0. The third-order valence-corrected chi connectivity index (χ3v) is 4.79. The molecule has 13 heteroatoms. The van der Waals surface area contributed by atoms with Gasteiger partial charge in [-0.05, 0) is 47.0 Å². The summed E-state index contributed by atoms with van der Waals surface area (Å²) in [6, 6.07) is 0. The van der Waals surface area contributed by atoms with E-state index in [1.165, 1.54) is 6.92 Å². The largest absolute Gasteiger partial charge is 0.459 e. The van der Waals surface area contributed by atoms with Crippen LogP contribution in [-0.2, 0) is 38.1 Å². The molecule has 3 atom stereocenters. The van der Waals surface area contributed by atoms with Crippen LogP contribution in [0.3, 0.4) is 0 Å². The Bertz CT molecular complexity index is 719. The SMILES string of the molecule is CC(CF)OC(=O)C(C(=O)OC1(C)CCC1)C(O[C]=O)(C(=O)OC(C)(C)CF)C(F)(F)F. The Balaban J connectivity index is 3.65. The Kier molecular flexibility index (Phi) is 8.60. The van der Waals surface area contributed by atoms with Crippen molar-refractivity contribution >= 4 is 24.4 Å². The Hall–Kier alpha value is -2.47. The lowest BCUT2D eigenvalue weighted by Gasteiger charge is -2.41. The summed E-state index contributed by atoms with van der Waals surface area (Å²) in [6.07, 6.45) is -6.55. The van der Waals surface area contributed by atoms with Crippen LogP contribution in [0.4, 0.5) is 22.0 Å². The van der Waals surface area contributed by atoms with Crippen LogP contribution in [0.15, 0.2) is 0 Å². The van der Waals surface area contributed by atoms with E-state index in [1.807, 2.05) is 0 Å². The van der Waals surface area contributed by atoms with E-state index in [0.29, 0.717) is 12.9 Å². The maximum atomic E-state index is 14.2. The first-order chi connectivity index (χ1) is 14.6. The molecule has 1 rings (SSSR count). The summed E-state index contributed by atoms with van der Waals surface area (Å²) < 4.78 is 86.5. The predicted molar refractivity (Wildman–Crippen MR) is 95.1 cm³/mol. The number of carbonyl (C=O) groups excluding carboxylic acids is 4. The fourth-order valence-corrected chi connectivity index (χ4v) is 2.78. The molecule has 8 nitrogen and oxygen atoms in total. The minimum atomic E-state index is -5.96. The van der Waals surface area contributed by atoms with Gasteiger partial charge in [-0.2, -0.15) is 13.2 Å². The first kappa shape index (κ1) is 27.6. The lowest BCUT2D eigenvalue weighted by Crippen LogP contribution is -2.66. The van der Waals surface area contributed by atoms with Crippen LogP contribution in [0.25, 0.3) is 0 Å². The number of rotatable bonds is 11. The fourth-order valence-electron chi connectivity index (χ4n) is 2.78. The van der Waals surface area contributed by atoms with Crippen LogP contribution < -0.4 is 0 Å². The Morgan fingerprint density at radius 1 is 1.09 bits per heavy atom. The average Bonchev–Trinajstić information content (AvgIpc) is 2.64. The highest BCUT2D eigenvalue weighted by Crippen LogP contribution is 2.44. The molecule has 1 aliphatic carbocycles. The molecule has 0 spiro atoms. The van der Waals surface area contributed by atoms with Crippen molar-refractivity contribution in [3.8, 4) is 0 Å². The van der Waals surface area contributed by atoms with Gasteiger partial charge in [0.2, 0.25) is 5.92 Å². The number of hydrogen-bond acceptors (Lipinski definition) is 8. The van der Waals surface area contributed by atoms with Crippen LogP contribution in [0, 0.1) is 5.92 Å². The molecule has 1 saturated carbocycles. The molecule has 1 fully saturated rings. The fraction of sp³-hybridized carbons (Fsp3) is 0.789. The summed E-state index contributed by atoms with van der Waals surface area (Å²) in [5.41, 5.74) is -8.05. The topological polar surface area (TPSA) is 105 Å². The van der Waals surface area contributed by atoms with E-state index in [4.69, 9.17) is 4.74 Å². The minimum Gasteiger partial charge on any atom is -0.459 e. The Labute approximate surface area is 180 Å². The monoisotopic (exact) mass is 475 g/mol. The van der Waals surface area contributed by atoms with Gasteiger partial charge in [-0.25, -0.2) is 18.4 Å². The molecule has 1 aliphatic rings. The molecule has 3 unspecified atom stereocenters. The van der Waals surface area contributed by atoms with Gasteiger partial charge < -0.3 is 18.9 Å². The predicted octanol–water partition coefficient (Wildman–Crippen LogP) is 2.67. The summed E-state index contributed by atoms with van der Waals surface area (Å²) in [5, 5.41) is 0. The van der Waals surface area contributed by atoms with Crippen molar-refractivity contribution < 1.29 is 60.1 Å². The molecular weight excluding hydrogens is 451 g/mol. The van der Waals surface area contributed by atoms with E-state index in [2.05, 4.69) is 14.2 Å². The molecule has 183 valence electrons. The summed E-state index contributed by atoms with van der Waals surface area (Å²) in [7, 11) is 0.